The second-order valence-corrected chi connectivity index (χ2v) is 7.24. The molecule has 0 aliphatic carbocycles. The molecule has 3 rings (SSSR count). The molecule has 0 fully saturated rings. The van der Waals surface area contributed by atoms with E-state index in [4.69, 9.17) is 4.42 Å². The van der Waals surface area contributed by atoms with Crippen molar-refractivity contribution in [2.75, 3.05) is 0 Å². The van der Waals surface area contributed by atoms with Gasteiger partial charge < -0.3 is 4.42 Å². The second kappa shape index (κ2) is 6.34. The van der Waals surface area contributed by atoms with Gasteiger partial charge >= 0.3 is 0 Å². The summed E-state index contributed by atoms with van der Waals surface area (Å²) in [5, 5.41) is 0. The van der Waals surface area contributed by atoms with Crippen molar-refractivity contribution in [3.8, 4) is 11.5 Å². The molecule has 0 N–H and O–H groups in total. The fourth-order valence-electron chi connectivity index (χ4n) is 2.24. The van der Waals surface area contributed by atoms with Crippen molar-refractivity contribution >= 4 is 9.84 Å². The van der Waals surface area contributed by atoms with Crippen molar-refractivity contribution in [2.24, 2.45) is 0 Å². The quantitative estimate of drug-likeness (QED) is 0.717. The maximum absolute atomic E-state index is 13.1. The summed E-state index contributed by atoms with van der Waals surface area (Å²) in [6.45, 7) is 0. The summed E-state index contributed by atoms with van der Waals surface area (Å²) in [4.78, 5) is 4.20. The summed E-state index contributed by atoms with van der Waals surface area (Å²) in [5.74, 6) is -0.565. The van der Waals surface area contributed by atoms with Crippen LogP contribution in [0.5, 0.6) is 0 Å². The third-order valence-electron chi connectivity index (χ3n) is 3.22. The summed E-state index contributed by atoms with van der Waals surface area (Å²) in [5.41, 5.74) is 1.53. The van der Waals surface area contributed by atoms with Crippen LogP contribution in [0, 0.1) is 5.82 Å². The molecule has 0 radical (unpaired) electrons. The van der Waals surface area contributed by atoms with E-state index in [1.54, 1.807) is 6.07 Å². The summed E-state index contributed by atoms with van der Waals surface area (Å²) in [7, 11) is -3.46. The zero-order chi connectivity index (χ0) is 16.3. The Morgan fingerprint density at radius 1 is 1.00 bits per heavy atom. The van der Waals surface area contributed by atoms with Crippen molar-refractivity contribution in [2.45, 2.75) is 11.5 Å². The molecule has 118 valence electrons. The Hall–Kier alpha value is -2.47. The van der Waals surface area contributed by atoms with E-state index >= 15 is 0 Å². The van der Waals surface area contributed by atoms with Gasteiger partial charge in [-0.3, -0.25) is 0 Å². The topological polar surface area (TPSA) is 60.2 Å². The average molecular weight is 331 g/mol. The lowest BCUT2D eigenvalue weighted by Gasteiger charge is -2.02. The average Bonchev–Trinajstić information content (AvgIpc) is 2.95. The molecule has 0 bridgehead atoms. The molecule has 23 heavy (non-hydrogen) atoms. The van der Waals surface area contributed by atoms with Gasteiger partial charge in [0, 0.05) is 5.56 Å². The number of benzene rings is 2. The first-order valence-corrected chi connectivity index (χ1v) is 8.79. The molecule has 0 spiro atoms. The molecule has 0 atom stereocenters. The van der Waals surface area contributed by atoms with Gasteiger partial charge in [-0.05, 0) is 29.8 Å². The lowest BCUT2D eigenvalue weighted by atomic mass is 10.2. The Balaban J connectivity index is 1.75. The molecule has 0 aliphatic heterocycles. The van der Waals surface area contributed by atoms with Gasteiger partial charge in [0.15, 0.2) is 9.84 Å². The molecule has 1 heterocycles. The minimum atomic E-state index is -3.46. The molecule has 0 aliphatic rings. The molecule has 4 nitrogen and oxygen atoms in total. The molecule has 0 saturated heterocycles. The summed E-state index contributed by atoms with van der Waals surface area (Å²) in [6, 6.07) is 14.8. The number of halogens is 1. The lowest BCUT2D eigenvalue weighted by molar-refractivity contribution is 0.571. The highest BCUT2D eigenvalue weighted by atomic mass is 32.2. The largest absolute Gasteiger partial charge is 0.444 e. The van der Waals surface area contributed by atoms with Gasteiger partial charge in [-0.25, -0.2) is 17.8 Å². The van der Waals surface area contributed by atoms with Crippen LogP contribution in [0.4, 0.5) is 4.39 Å². The van der Waals surface area contributed by atoms with E-state index in [-0.39, 0.29) is 11.5 Å². The van der Waals surface area contributed by atoms with E-state index in [9.17, 15) is 12.8 Å². The first-order valence-electron chi connectivity index (χ1n) is 6.96. The van der Waals surface area contributed by atoms with Crippen LogP contribution in [0.3, 0.4) is 0 Å². The Labute approximate surface area is 133 Å². The zero-order valence-corrected chi connectivity index (χ0v) is 13.0. The Morgan fingerprint density at radius 2 is 1.78 bits per heavy atom. The van der Waals surface area contributed by atoms with E-state index in [1.165, 1.54) is 24.5 Å². The highest BCUT2D eigenvalue weighted by molar-refractivity contribution is 7.89. The number of oxazole rings is 1. The molecule has 0 saturated carbocycles. The van der Waals surface area contributed by atoms with E-state index in [2.05, 4.69) is 4.98 Å². The van der Waals surface area contributed by atoms with Crippen LogP contribution in [0.15, 0.2) is 65.3 Å². The van der Waals surface area contributed by atoms with Crippen LogP contribution in [0.2, 0.25) is 0 Å². The number of rotatable bonds is 5. The van der Waals surface area contributed by atoms with Crippen molar-refractivity contribution in [3.63, 3.8) is 0 Å². The Kier molecular flexibility index (Phi) is 4.25. The summed E-state index contributed by atoms with van der Waals surface area (Å²) >= 11 is 0. The monoisotopic (exact) mass is 331 g/mol. The Morgan fingerprint density at radius 3 is 2.52 bits per heavy atom. The number of hydrogen-bond donors (Lipinski definition) is 0. The second-order valence-electron chi connectivity index (χ2n) is 5.17. The minimum absolute atomic E-state index is 0.238. The molecule has 0 unspecified atom stereocenters. The number of hydrogen-bond acceptors (Lipinski definition) is 4. The summed E-state index contributed by atoms with van der Waals surface area (Å²) < 4.78 is 42.9. The standard InChI is InChI=1S/C17H14FNO3S/c18-15-8-4-5-13(9-15)11-23(20,21)12-16-10-22-17(19-16)14-6-2-1-3-7-14/h1-10H,11-12H2. The lowest BCUT2D eigenvalue weighted by Crippen LogP contribution is -2.08. The zero-order valence-electron chi connectivity index (χ0n) is 12.1. The highest BCUT2D eigenvalue weighted by Crippen LogP contribution is 2.20. The van der Waals surface area contributed by atoms with Crippen LogP contribution < -0.4 is 0 Å². The maximum Gasteiger partial charge on any atom is 0.226 e. The molecule has 0 amide bonds. The van der Waals surface area contributed by atoms with Crippen LogP contribution >= 0.6 is 0 Å². The first-order chi connectivity index (χ1) is 11.0. The van der Waals surface area contributed by atoms with Crippen LogP contribution in [0.1, 0.15) is 11.3 Å². The predicted molar refractivity (Wildman–Crippen MR) is 84.7 cm³/mol. The molecule has 1 aromatic heterocycles. The van der Waals surface area contributed by atoms with Crippen molar-refractivity contribution in [1.29, 1.82) is 0 Å². The number of sulfone groups is 1. The van der Waals surface area contributed by atoms with Crippen molar-refractivity contribution in [1.82, 2.24) is 4.98 Å². The van der Waals surface area contributed by atoms with Crippen LogP contribution in [-0.4, -0.2) is 13.4 Å². The fraction of sp³-hybridized carbons (Fsp3) is 0.118. The first kappa shape index (κ1) is 15.4. The van der Waals surface area contributed by atoms with Gasteiger partial charge in [-0.15, -0.1) is 0 Å². The maximum atomic E-state index is 13.1. The third kappa shape index (κ3) is 4.04. The van der Waals surface area contributed by atoms with E-state index in [0.717, 1.165) is 5.56 Å². The number of nitrogens with zero attached hydrogens (tertiary/aromatic N) is 1. The van der Waals surface area contributed by atoms with Crippen LogP contribution in [0.25, 0.3) is 11.5 Å². The van der Waals surface area contributed by atoms with Crippen LogP contribution in [-0.2, 0) is 21.3 Å². The van der Waals surface area contributed by atoms with Gasteiger partial charge in [-0.1, -0.05) is 30.3 Å². The highest BCUT2D eigenvalue weighted by Gasteiger charge is 2.17. The van der Waals surface area contributed by atoms with Gasteiger partial charge in [0.05, 0.1) is 17.2 Å². The molecular weight excluding hydrogens is 317 g/mol. The minimum Gasteiger partial charge on any atom is -0.444 e. The van der Waals surface area contributed by atoms with Gasteiger partial charge in [0.1, 0.15) is 12.1 Å². The fourth-order valence-corrected chi connectivity index (χ4v) is 3.62. The normalized spacial score (nSPS) is 11.5. The molecule has 3 aromatic rings. The van der Waals surface area contributed by atoms with E-state index in [1.807, 2.05) is 30.3 Å². The van der Waals surface area contributed by atoms with Crippen molar-refractivity contribution < 1.29 is 17.2 Å². The van der Waals surface area contributed by atoms with Gasteiger partial charge in [0.2, 0.25) is 5.89 Å². The van der Waals surface area contributed by atoms with Gasteiger partial charge in [0.25, 0.3) is 0 Å². The third-order valence-corrected chi connectivity index (χ3v) is 4.72. The molecule has 2 aromatic carbocycles. The van der Waals surface area contributed by atoms with E-state index < -0.39 is 15.7 Å². The Bertz CT molecular complexity index is 904. The van der Waals surface area contributed by atoms with Gasteiger partial charge in [-0.2, -0.15) is 0 Å². The van der Waals surface area contributed by atoms with E-state index in [0.29, 0.717) is 17.1 Å². The molecule has 6 heteroatoms. The predicted octanol–water partition coefficient (Wildman–Crippen LogP) is 3.60. The number of aromatic nitrogens is 1. The summed E-state index contributed by atoms with van der Waals surface area (Å²) in [6.07, 6.45) is 1.34. The van der Waals surface area contributed by atoms with Crippen molar-refractivity contribution in [3.05, 3.63) is 77.9 Å². The smallest absolute Gasteiger partial charge is 0.226 e. The SMILES string of the molecule is O=S(=O)(Cc1cccc(F)c1)Cc1coc(-c2ccccc2)n1. The molecular formula is C17H14FNO3S.